The maximum atomic E-state index is 12.4. The summed E-state index contributed by atoms with van der Waals surface area (Å²) in [4.78, 5) is 0. The summed E-state index contributed by atoms with van der Waals surface area (Å²) in [5, 5.41) is 1.29. The topological polar surface area (TPSA) is 12.0 Å². The van der Waals surface area contributed by atoms with Crippen molar-refractivity contribution in [3.8, 4) is 0 Å². The van der Waals surface area contributed by atoms with E-state index in [9.17, 15) is 22.0 Å². The Kier molecular flexibility index (Phi) is 3.44. The Hall–Kier alpha value is -0.390. The maximum absolute atomic E-state index is 12.4. The zero-order chi connectivity index (χ0) is 9.99. The molecule has 0 radical (unpaired) electrons. The van der Waals surface area contributed by atoms with Crippen LogP contribution in [0.4, 0.5) is 22.0 Å². The normalized spacial score (nSPS) is 14.0. The lowest BCUT2D eigenvalue weighted by atomic mass is 10.2. The fraction of sp³-hybridized carbons (Fsp3) is 1.00. The molecule has 1 nitrogen and oxygen atoms in total. The zero-order valence-electron chi connectivity index (χ0n) is 6.67. The molecule has 0 aliphatic heterocycles. The number of halogens is 5. The molecule has 0 unspecified atom stereocenters. The Labute approximate surface area is 66.9 Å². The van der Waals surface area contributed by atoms with Crippen LogP contribution in [0.15, 0.2) is 0 Å². The number of nitrogens with one attached hydrogen (secondary N) is 1. The van der Waals surface area contributed by atoms with Gasteiger partial charge in [0.25, 0.3) is 0 Å². The van der Waals surface area contributed by atoms with Gasteiger partial charge in [-0.05, 0) is 13.8 Å². The summed E-state index contributed by atoms with van der Waals surface area (Å²) < 4.78 is 60.4. The average Bonchev–Trinajstić information content (AvgIpc) is 1.84. The fourth-order valence-electron chi connectivity index (χ4n) is 0.552. The second-order valence-corrected chi connectivity index (χ2v) is 2.71. The molecule has 0 aromatic carbocycles. The van der Waals surface area contributed by atoms with Crippen molar-refractivity contribution >= 4 is 0 Å². The monoisotopic (exact) mass is 191 g/mol. The Morgan fingerprint density at radius 2 is 1.58 bits per heavy atom. The highest BCUT2D eigenvalue weighted by atomic mass is 19.3. The first kappa shape index (κ1) is 11.6. The van der Waals surface area contributed by atoms with Gasteiger partial charge in [0.15, 0.2) is 6.67 Å². The molecule has 74 valence electrons. The maximum Gasteiger partial charge on any atom is 0.368 e. The first-order valence-corrected chi connectivity index (χ1v) is 3.32. The lowest BCUT2D eigenvalue weighted by molar-refractivity contribution is -0.234. The van der Waals surface area contributed by atoms with Crippen LogP contribution >= 0.6 is 0 Å². The highest BCUT2D eigenvalue weighted by Crippen LogP contribution is 2.32. The van der Waals surface area contributed by atoms with Gasteiger partial charge in [-0.3, -0.25) is 5.32 Å². The smallest absolute Gasteiger partial charge is 0.251 e. The quantitative estimate of drug-likeness (QED) is 0.530. The van der Waals surface area contributed by atoms with E-state index in [1.54, 1.807) is 0 Å². The van der Waals surface area contributed by atoms with Crippen molar-refractivity contribution in [1.82, 2.24) is 5.32 Å². The summed E-state index contributed by atoms with van der Waals surface area (Å²) in [7, 11) is 0. The summed E-state index contributed by atoms with van der Waals surface area (Å²) in [6, 6.07) is -5.33. The van der Waals surface area contributed by atoms with Gasteiger partial charge in [-0.1, -0.05) is 0 Å². The third-order valence-corrected chi connectivity index (χ3v) is 1.10. The van der Waals surface area contributed by atoms with E-state index < -0.39 is 24.7 Å². The van der Waals surface area contributed by atoms with Crippen molar-refractivity contribution < 1.29 is 22.0 Å². The molecule has 0 aromatic rings. The summed E-state index contributed by atoms with van der Waals surface area (Å²) in [6.07, 6.45) is 0. The molecule has 0 atom stereocenters. The van der Waals surface area contributed by atoms with E-state index in [2.05, 4.69) is 0 Å². The minimum Gasteiger partial charge on any atom is -0.251 e. The molecule has 0 saturated heterocycles. The van der Waals surface area contributed by atoms with Gasteiger partial charge in [0.1, 0.15) is 0 Å². The number of rotatable bonds is 4. The van der Waals surface area contributed by atoms with Crippen molar-refractivity contribution in [2.45, 2.75) is 31.9 Å². The average molecular weight is 191 g/mol. The van der Waals surface area contributed by atoms with E-state index in [1.165, 1.54) is 19.2 Å². The van der Waals surface area contributed by atoms with Crippen molar-refractivity contribution in [2.24, 2.45) is 0 Å². The highest BCUT2D eigenvalue weighted by Gasteiger charge is 2.56. The van der Waals surface area contributed by atoms with Gasteiger partial charge in [-0.25, -0.2) is 4.39 Å². The lowest BCUT2D eigenvalue weighted by Crippen LogP contribution is -2.55. The van der Waals surface area contributed by atoms with Crippen LogP contribution in [0.3, 0.4) is 0 Å². The van der Waals surface area contributed by atoms with Crippen molar-refractivity contribution in [3.63, 3.8) is 0 Å². The van der Waals surface area contributed by atoms with E-state index in [0.717, 1.165) is 0 Å². The Bertz CT molecular complexity index is 145. The van der Waals surface area contributed by atoms with Crippen molar-refractivity contribution in [1.29, 1.82) is 0 Å². The highest BCUT2D eigenvalue weighted by molar-refractivity contribution is 4.83. The third-order valence-electron chi connectivity index (χ3n) is 1.10. The Morgan fingerprint density at radius 3 is 1.83 bits per heavy atom. The number of hydrogen-bond acceptors (Lipinski definition) is 1. The number of hydrogen-bond donors (Lipinski definition) is 1. The molecule has 0 fully saturated rings. The third kappa shape index (κ3) is 2.58. The molecular formula is C6H10F5N. The molecule has 0 aliphatic carbocycles. The molecule has 0 bridgehead atoms. The van der Waals surface area contributed by atoms with Crippen LogP contribution in [0.25, 0.3) is 0 Å². The molecule has 0 aromatic heterocycles. The predicted molar refractivity (Wildman–Crippen MR) is 34.1 cm³/mol. The van der Waals surface area contributed by atoms with Crippen LogP contribution in [0.2, 0.25) is 0 Å². The van der Waals surface area contributed by atoms with E-state index in [1.807, 2.05) is 0 Å². The zero-order valence-corrected chi connectivity index (χ0v) is 6.67. The summed E-state index contributed by atoms with van der Waals surface area (Å²) in [5.41, 5.74) is 0. The van der Waals surface area contributed by atoms with E-state index in [-0.39, 0.29) is 0 Å². The van der Waals surface area contributed by atoms with Gasteiger partial charge < -0.3 is 0 Å². The fourth-order valence-corrected chi connectivity index (χ4v) is 0.552. The lowest BCUT2D eigenvalue weighted by Gasteiger charge is -2.26. The largest absolute Gasteiger partial charge is 0.368 e. The standard InChI is InChI=1S/C6H10F5N/c1-4(2)12-6(10,11)5(8,9)3-7/h4,12H,3H2,1-2H3. The van der Waals surface area contributed by atoms with Gasteiger partial charge >= 0.3 is 12.0 Å². The van der Waals surface area contributed by atoms with Crippen LogP contribution in [0, 0.1) is 0 Å². The minimum absolute atomic E-state index is 0.836. The Balaban J connectivity index is 4.37. The summed E-state index contributed by atoms with van der Waals surface area (Å²) in [5.74, 6) is -4.64. The molecule has 0 saturated carbocycles. The molecular weight excluding hydrogens is 181 g/mol. The van der Waals surface area contributed by atoms with E-state index >= 15 is 0 Å². The molecule has 0 rings (SSSR count). The number of alkyl halides is 5. The van der Waals surface area contributed by atoms with Gasteiger partial charge in [-0.2, -0.15) is 17.6 Å². The molecule has 1 N–H and O–H groups in total. The Morgan fingerprint density at radius 1 is 1.17 bits per heavy atom. The van der Waals surface area contributed by atoms with Gasteiger partial charge in [-0.15, -0.1) is 0 Å². The van der Waals surface area contributed by atoms with Crippen LogP contribution in [-0.4, -0.2) is 24.7 Å². The summed E-state index contributed by atoms with van der Waals surface area (Å²) >= 11 is 0. The predicted octanol–water partition coefficient (Wildman–Crippen LogP) is 2.18. The second kappa shape index (κ2) is 3.55. The summed E-state index contributed by atoms with van der Waals surface area (Å²) in [6.45, 7) is 0.157. The van der Waals surface area contributed by atoms with E-state index in [0.29, 0.717) is 0 Å². The van der Waals surface area contributed by atoms with Crippen molar-refractivity contribution in [2.75, 3.05) is 6.67 Å². The van der Waals surface area contributed by atoms with Crippen LogP contribution in [-0.2, 0) is 0 Å². The molecule has 0 aliphatic rings. The molecule has 6 heteroatoms. The first-order valence-electron chi connectivity index (χ1n) is 3.32. The van der Waals surface area contributed by atoms with Gasteiger partial charge in [0, 0.05) is 6.04 Å². The van der Waals surface area contributed by atoms with Gasteiger partial charge in [0.05, 0.1) is 0 Å². The molecule has 0 amide bonds. The van der Waals surface area contributed by atoms with Crippen molar-refractivity contribution in [3.05, 3.63) is 0 Å². The minimum atomic E-state index is -4.64. The molecule has 12 heavy (non-hydrogen) atoms. The van der Waals surface area contributed by atoms with Crippen LogP contribution < -0.4 is 5.32 Å². The molecule has 0 spiro atoms. The SMILES string of the molecule is CC(C)NC(F)(F)C(F)(F)CF. The molecule has 0 heterocycles. The van der Waals surface area contributed by atoms with Crippen LogP contribution in [0.5, 0.6) is 0 Å². The van der Waals surface area contributed by atoms with Crippen LogP contribution in [0.1, 0.15) is 13.8 Å². The van der Waals surface area contributed by atoms with Gasteiger partial charge in [0.2, 0.25) is 0 Å². The second-order valence-electron chi connectivity index (χ2n) is 2.71. The van der Waals surface area contributed by atoms with E-state index in [4.69, 9.17) is 0 Å². The first-order chi connectivity index (χ1) is 5.23.